The van der Waals surface area contributed by atoms with Gasteiger partial charge < -0.3 is 19.5 Å². The molecule has 114 valence electrons. The van der Waals surface area contributed by atoms with Crippen molar-refractivity contribution in [3.05, 3.63) is 23.8 Å². The zero-order chi connectivity index (χ0) is 15.2. The van der Waals surface area contributed by atoms with Crippen molar-refractivity contribution in [1.82, 2.24) is 5.32 Å². The molecular weight excluding hydrogens is 290 g/mol. The predicted octanol–water partition coefficient (Wildman–Crippen LogP) is 1.92. The van der Waals surface area contributed by atoms with Crippen LogP contribution in [-0.4, -0.2) is 38.3 Å². The zero-order valence-corrected chi connectivity index (χ0v) is 13.0. The number of hydrogen-bond acceptors (Lipinski definition) is 5. The molecule has 6 heteroatoms. The molecule has 5 nitrogen and oxygen atoms in total. The van der Waals surface area contributed by atoms with Crippen molar-refractivity contribution < 1.29 is 19.0 Å². The first-order valence-corrected chi connectivity index (χ1v) is 7.20. The summed E-state index contributed by atoms with van der Waals surface area (Å²) < 4.78 is 15.6. The van der Waals surface area contributed by atoms with Gasteiger partial charge in [0.2, 0.25) is 0 Å². The summed E-state index contributed by atoms with van der Waals surface area (Å²) in [5.41, 5.74) is 0.778. The van der Waals surface area contributed by atoms with E-state index in [1.165, 1.54) is 20.0 Å². The highest BCUT2D eigenvalue weighted by atomic mass is 32.1. The number of thiocarbonyl (C=S) groups is 1. The smallest absolute Gasteiger partial charge is 0.325 e. The molecule has 21 heavy (non-hydrogen) atoms. The summed E-state index contributed by atoms with van der Waals surface area (Å²) in [6, 6.07) is 5.47. The Labute approximate surface area is 129 Å². The van der Waals surface area contributed by atoms with Crippen molar-refractivity contribution in [2.45, 2.75) is 12.8 Å². The Bertz CT molecular complexity index is 528. The van der Waals surface area contributed by atoms with Gasteiger partial charge in [-0.3, -0.25) is 4.79 Å². The topological polar surface area (TPSA) is 56.8 Å². The summed E-state index contributed by atoms with van der Waals surface area (Å²) in [5, 5.41) is 2.85. The van der Waals surface area contributed by atoms with Crippen molar-refractivity contribution >= 4 is 23.2 Å². The number of carbonyl (C=O) groups is 1. The maximum Gasteiger partial charge on any atom is 0.325 e. The lowest BCUT2D eigenvalue weighted by atomic mass is 10.2. The summed E-state index contributed by atoms with van der Waals surface area (Å²) in [7, 11) is 2.94. The normalized spacial score (nSPS) is 13.4. The van der Waals surface area contributed by atoms with Crippen molar-refractivity contribution in [2.24, 2.45) is 5.92 Å². The molecule has 0 atom stereocenters. The highest BCUT2D eigenvalue weighted by molar-refractivity contribution is 7.80. The quantitative estimate of drug-likeness (QED) is 0.613. The molecule has 1 N–H and O–H groups in total. The summed E-state index contributed by atoms with van der Waals surface area (Å²) in [6.45, 7) is 0.738. The number of nitrogens with one attached hydrogen (secondary N) is 1. The molecule has 0 heterocycles. The molecule has 1 saturated carbocycles. The Morgan fingerprint density at radius 2 is 2.10 bits per heavy atom. The van der Waals surface area contributed by atoms with E-state index in [9.17, 15) is 4.79 Å². The Kier molecular flexibility index (Phi) is 5.38. The lowest BCUT2D eigenvalue weighted by Crippen LogP contribution is -2.29. The lowest BCUT2D eigenvalue weighted by molar-refractivity contribution is -0.139. The van der Waals surface area contributed by atoms with Crippen LogP contribution < -0.4 is 14.8 Å². The van der Waals surface area contributed by atoms with Gasteiger partial charge in [0.1, 0.15) is 11.5 Å². The minimum Gasteiger partial charge on any atom is -0.493 e. The van der Waals surface area contributed by atoms with Gasteiger partial charge in [0, 0.05) is 5.56 Å². The monoisotopic (exact) mass is 309 g/mol. The van der Waals surface area contributed by atoms with E-state index in [0.29, 0.717) is 29.0 Å². The number of esters is 1. The maximum absolute atomic E-state index is 11.1. The van der Waals surface area contributed by atoms with Crippen LogP contribution in [0.15, 0.2) is 18.2 Å². The minimum atomic E-state index is -0.365. The van der Waals surface area contributed by atoms with E-state index < -0.39 is 0 Å². The second-order valence-electron chi connectivity index (χ2n) is 4.88. The van der Waals surface area contributed by atoms with Crippen LogP contribution in [0.5, 0.6) is 11.5 Å². The molecule has 0 aliphatic heterocycles. The first kappa shape index (κ1) is 15.6. The molecule has 0 unspecified atom stereocenters. The number of benzene rings is 1. The van der Waals surface area contributed by atoms with Crippen LogP contribution in [0, 0.1) is 5.92 Å². The van der Waals surface area contributed by atoms with Gasteiger partial charge in [-0.05, 0) is 37.0 Å². The van der Waals surface area contributed by atoms with Crippen LogP contribution in [0.3, 0.4) is 0 Å². The molecule has 2 rings (SSSR count). The first-order valence-electron chi connectivity index (χ1n) is 6.80. The van der Waals surface area contributed by atoms with E-state index in [-0.39, 0.29) is 12.5 Å². The van der Waals surface area contributed by atoms with Crippen LogP contribution in [-0.2, 0) is 9.53 Å². The number of carbonyl (C=O) groups excluding carboxylic acids is 1. The van der Waals surface area contributed by atoms with Gasteiger partial charge in [-0.1, -0.05) is 12.2 Å². The Hall–Kier alpha value is -1.82. The van der Waals surface area contributed by atoms with Gasteiger partial charge in [-0.25, -0.2) is 0 Å². The number of methoxy groups -OCH3 is 2. The second kappa shape index (κ2) is 7.26. The summed E-state index contributed by atoms with van der Waals surface area (Å²) in [5.74, 6) is 1.64. The van der Waals surface area contributed by atoms with Crippen LogP contribution in [0.1, 0.15) is 18.4 Å². The minimum absolute atomic E-state index is 0.0413. The molecule has 0 radical (unpaired) electrons. The number of hydrogen-bond donors (Lipinski definition) is 1. The lowest BCUT2D eigenvalue weighted by Gasteiger charge is -2.13. The second-order valence-corrected chi connectivity index (χ2v) is 5.29. The van der Waals surface area contributed by atoms with Gasteiger partial charge in [-0.2, -0.15) is 0 Å². The Balaban J connectivity index is 2.02. The van der Waals surface area contributed by atoms with Crippen LogP contribution in [0.2, 0.25) is 0 Å². The fourth-order valence-electron chi connectivity index (χ4n) is 1.75. The standard InChI is InChI=1S/C15H19NO4S/c1-18-12-6-5-11(15(21)16-8-14(17)19-2)7-13(12)20-9-10-3-4-10/h5-7,10H,3-4,8-9H2,1-2H3,(H,16,21). The molecule has 0 saturated heterocycles. The average Bonchev–Trinajstić information content (AvgIpc) is 3.34. The summed E-state index contributed by atoms with van der Waals surface area (Å²) >= 11 is 5.26. The van der Waals surface area contributed by atoms with E-state index >= 15 is 0 Å². The molecule has 0 aromatic heterocycles. The average molecular weight is 309 g/mol. The SMILES string of the molecule is COC(=O)CNC(=S)c1ccc(OC)c(OCC2CC2)c1. The van der Waals surface area contributed by atoms with E-state index in [1.54, 1.807) is 7.11 Å². The van der Waals surface area contributed by atoms with Crippen molar-refractivity contribution in [3.63, 3.8) is 0 Å². The number of ether oxygens (including phenoxy) is 3. The van der Waals surface area contributed by atoms with E-state index in [2.05, 4.69) is 10.1 Å². The largest absolute Gasteiger partial charge is 0.493 e. The number of rotatable bonds is 7. The maximum atomic E-state index is 11.1. The third-order valence-corrected chi connectivity index (χ3v) is 3.60. The molecule has 1 aliphatic carbocycles. The molecule has 0 amide bonds. The van der Waals surface area contributed by atoms with E-state index in [0.717, 1.165) is 5.56 Å². The van der Waals surface area contributed by atoms with Gasteiger partial charge in [0.25, 0.3) is 0 Å². The third-order valence-electron chi connectivity index (χ3n) is 3.22. The fourth-order valence-corrected chi connectivity index (χ4v) is 1.95. The molecule has 1 aromatic carbocycles. The summed E-state index contributed by atoms with van der Waals surface area (Å²) in [6.07, 6.45) is 2.45. The van der Waals surface area contributed by atoms with Crippen molar-refractivity contribution in [3.8, 4) is 11.5 Å². The fraction of sp³-hybridized carbons (Fsp3) is 0.467. The van der Waals surface area contributed by atoms with Gasteiger partial charge in [0.05, 0.1) is 20.8 Å². The Morgan fingerprint density at radius 1 is 1.33 bits per heavy atom. The highest BCUT2D eigenvalue weighted by Gasteiger charge is 2.22. The third kappa shape index (κ3) is 4.60. The molecule has 1 fully saturated rings. The van der Waals surface area contributed by atoms with Gasteiger partial charge in [0.15, 0.2) is 11.5 Å². The molecule has 0 bridgehead atoms. The van der Waals surface area contributed by atoms with Crippen LogP contribution >= 0.6 is 12.2 Å². The molecular formula is C15H19NO4S. The summed E-state index contributed by atoms with van der Waals surface area (Å²) in [4.78, 5) is 11.6. The van der Waals surface area contributed by atoms with Crippen LogP contribution in [0.25, 0.3) is 0 Å². The van der Waals surface area contributed by atoms with E-state index in [1.807, 2.05) is 18.2 Å². The molecule has 1 aliphatic rings. The van der Waals surface area contributed by atoms with Gasteiger partial charge in [-0.15, -0.1) is 0 Å². The first-order chi connectivity index (χ1) is 10.1. The molecule has 1 aromatic rings. The predicted molar refractivity (Wildman–Crippen MR) is 82.9 cm³/mol. The van der Waals surface area contributed by atoms with E-state index in [4.69, 9.17) is 21.7 Å². The van der Waals surface area contributed by atoms with Crippen molar-refractivity contribution in [1.29, 1.82) is 0 Å². The van der Waals surface area contributed by atoms with Crippen LogP contribution in [0.4, 0.5) is 0 Å². The van der Waals surface area contributed by atoms with Gasteiger partial charge >= 0.3 is 5.97 Å². The highest BCUT2D eigenvalue weighted by Crippen LogP contribution is 2.33. The Morgan fingerprint density at radius 3 is 2.71 bits per heavy atom. The zero-order valence-electron chi connectivity index (χ0n) is 12.2. The molecule has 0 spiro atoms. The van der Waals surface area contributed by atoms with Crippen molar-refractivity contribution in [2.75, 3.05) is 27.4 Å².